The first-order chi connectivity index (χ1) is 12.6. The fourth-order valence-electron chi connectivity index (χ4n) is 2.83. The lowest BCUT2D eigenvalue weighted by Gasteiger charge is -2.08. The topological polar surface area (TPSA) is 81.7 Å². The summed E-state index contributed by atoms with van der Waals surface area (Å²) in [4.78, 5) is 38.2. The van der Waals surface area contributed by atoms with Crippen LogP contribution >= 0.6 is 22.7 Å². The van der Waals surface area contributed by atoms with E-state index >= 15 is 0 Å². The standard InChI is InChI=1S/C18H19NO5S2/c1-2-23-18(22)16-12-6-3-7-13(12)26-17(16)19-14(20)10-24-15(21)9-11-5-4-8-25-11/h4-5,8H,2-3,6-7,9-10H2,1H3,(H,19,20). The van der Waals surface area contributed by atoms with Gasteiger partial charge in [-0.15, -0.1) is 22.7 Å². The molecule has 1 amide bonds. The van der Waals surface area contributed by atoms with E-state index in [0.29, 0.717) is 10.6 Å². The minimum Gasteiger partial charge on any atom is -0.462 e. The van der Waals surface area contributed by atoms with Gasteiger partial charge in [-0.05, 0) is 43.2 Å². The number of ether oxygens (including phenoxy) is 2. The highest BCUT2D eigenvalue weighted by Gasteiger charge is 2.28. The van der Waals surface area contributed by atoms with Crippen molar-refractivity contribution < 1.29 is 23.9 Å². The van der Waals surface area contributed by atoms with Gasteiger partial charge in [0.25, 0.3) is 5.91 Å². The normalized spacial score (nSPS) is 12.5. The van der Waals surface area contributed by atoms with Crippen molar-refractivity contribution in [3.05, 3.63) is 38.4 Å². The molecule has 2 heterocycles. The predicted octanol–water partition coefficient (Wildman–Crippen LogP) is 3.20. The molecule has 1 aliphatic rings. The van der Waals surface area contributed by atoms with Gasteiger partial charge in [0, 0.05) is 9.75 Å². The molecule has 0 saturated heterocycles. The second-order valence-electron chi connectivity index (χ2n) is 5.75. The molecule has 0 unspecified atom stereocenters. The highest BCUT2D eigenvalue weighted by molar-refractivity contribution is 7.17. The number of amides is 1. The number of esters is 2. The summed E-state index contributed by atoms with van der Waals surface area (Å²) in [5, 5.41) is 5.05. The second kappa shape index (κ2) is 8.46. The summed E-state index contributed by atoms with van der Waals surface area (Å²) in [6.45, 7) is 1.64. The van der Waals surface area contributed by atoms with E-state index in [1.54, 1.807) is 6.92 Å². The molecule has 1 N–H and O–H groups in total. The van der Waals surface area contributed by atoms with Crippen molar-refractivity contribution in [2.75, 3.05) is 18.5 Å². The molecule has 138 valence electrons. The van der Waals surface area contributed by atoms with Crippen LogP contribution < -0.4 is 5.32 Å². The summed E-state index contributed by atoms with van der Waals surface area (Å²) in [5.41, 5.74) is 1.42. The van der Waals surface area contributed by atoms with E-state index in [1.165, 1.54) is 22.7 Å². The third-order valence-corrected chi connectivity index (χ3v) is 6.00. The van der Waals surface area contributed by atoms with E-state index in [4.69, 9.17) is 9.47 Å². The Bertz CT molecular complexity index is 810. The fourth-order valence-corrected chi connectivity index (χ4v) is 4.81. The van der Waals surface area contributed by atoms with Gasteiger partial charge in [0.15, 0.2) is 6.61 Å². The van der Waals surface area contributed by atoms with Crippen molar-refractivity contribution >= 4 is 45.5 Å². The second-order valence-corrected chi connectivity index (χ2v) is 7.88. The molecule has 0 atom stereocenters. The highest BCUT2D eigenvalue weighted by atomic mass is 32.1. The van der Waals surface area contributed by atoms with E-state index in [0.717, 1.165) is 34.6 Å². The highest BCUT2D eigenvalue weighted by Crippen LogP contribution is 2.39. The Hall–Kier alpha value is -2.19. The first kappa shape index (κ1) is 18.6. The van der Waals surface area contributed by atoms with Crippen LogP contribution in [0.25, 0.3) is 0 Å². The lowest BCUT2D eigenvalue weighted by atomic mass is 10.1. The Morgan fingerprint density at radius 2 is 2.08 bits per heavy atom. The smallest absolute Gasteiger partial charge is 0.341 e. The molecule has 0 spiro atoms. The maximum atomic E-state index is 12.3. The lowest BCUT2D eigenvalue weighted by molar-refractivity contribution is -0.146. The van der Waals surface area contributed by atoms with Gasteiger partial charge in [-0.1, -0.05) is 6.07 Å². The minimum atomic E-state index is -0.463. The molecule has 2 aromatic rings. The van der Waals surface area contributed by atoms with Crippen LogP contribution in [0, 0.1) is 0 Å². The van der Waals surface area contributed by atoms with Gasteiger partial charge in [-0.3, -0.25) is 9.59 Å². The van der Waals surface area contributed by atoms with E-state index in [-0.39, 0.29) is 19.6 Å². The van der Waals surface area contributed by atoms with Crippen LogP contribution in [0.15, 0.2) is 17.5 Å². The third-order valence-electron chi connectivity index (χ3n) is 3.92. The van der Waals surface area contributed by atoms with E-state index in [9.17, 15) is 14.4 Å². The number of carbonyl (C=O) groups excluding carboxylic acids is 3. The van der Waals surface area contributed by atoms with E-state index in [2.05, 4.69) is 5.32 Å². The molecular formula is C18H19NO5S2. The van der Waals surface area contributed by atoms with Crippen LogP contribution in [-0.4, -0.2) is 31.1 Å². The lowest BCUT2D eigenvalue weighted by Crippen LogP contribution is -2.22. The van der Waals surface area contributed by atoms with Gasteiger partial charge < -0.3 is 14.8 Å². The summed E-state index contributed by atoms with van der Waals surface area (Å²) in [5.74, 6) is -1.34. The van der Waals surface area contributed by atoms with Crippen molar-refractivity contribution in [2.24, 2.45) is 0 Å². The summed E-state index contributed by atoms with van der Waals surface area (Å²) in [6.07, 6.45) is 2.86. The summed E-state index contributed by atoms with van der Waals surface area (Å²) < 4.78 is 10.1. The number of hydrogen-bond acceptors (Lipinski definition) is 7. The monoisotopic (exact) mass is 393 g/mol. The Balaban J connectivity index is 1.60. The maximum absolute atomic E-state index is 12.3. The maximum Gasteiger partial charge on any atom is 0.341 e. The van der Waals surface area contributed by atoms with Crippen LogP contribution in [0.1, 0.15) is 39.0 Å². The van der Waals surface area contributed by atoms with Crippen LogP contribution in [0.2, 0.25) is 0 Å². The van der Waals surface area contributed by atoms with Crippen molar-refractivity contribution in [3.63, 3.8) is 0 Å². The van der Waals surface area contributed by atoms with E-state index < -0.39 is 17.8 Å². The summed E-state index contributed by atoms with van der Waals surface area (Å²) >= 11 is 2.86. The number of fused-ring (bicyclic) bond motifs is 1. The quantitative estimate of drug-likeness (QED) is 0.731. The molecule has 0 radical (unpaired) electrons. The molecule has 0 aromatic carbocycles. The SMILES string of the molecule is CCOC(=O)c1c(NC(=O)COC(=O)Cc2cccs2)sc2c1CCC2. The Morgan fingerprint density at radius 3 is 2.81 bits per heavy atom. The number of carbonyl (C=O) groups is 3. The molecular weight excluding hydrogens is 374 g/mol. The zero-order valence-corrected chi connectivity index (χ0v) is 16.0. The largest absolute Gasteiger partial charge is 0.462 e. The Labute approximate surface area is 159 Å². The van der Waals surface area contributed by atoms with Crippen molar-refractivity contribution in [3.8, 4) is 0 Å². The number of thiophene rings is 2. The molecule has 0 fully saturated rings. The van der Waals surface area contributed by atoms with E-state index in [1.807, 2.05) is 17.5 Å². The summed E-state index contributed by atoms with van der Waals surface area (Å²) in [6, 6.07) is 3.69. The molecule has 2 aromatic heterocycles. The van der Waals surface area contributed by atoms with Gasteiger partial charge in [0.2, 0.25) is 0 Å². The zero-order chi connectivity index (χ0) is 18.5. The van der Waals surface area contributed by atoms with Gasteiger partial charge in [0.1, 0.15) is 5.00 Å². The van der Waals surface area contributed by atoms with Crippen molar-refractivity contribution in [1.82, 2.24) is 0 Å². The zero-order valence-electron chi connectivity index (χ0n) is 14.3. The van der Waals surface area contributed by atoms with Gasteiger partial charge >= 0.3 is 11.9 Å². The number of rotatable bonds is 7. The molecule has 0 bridgehead atoms. The fraction of sp³-hybridized carbons (Fsp3) is 0.389. The summed E-state index contributed by atoms with van der Waals surface area (Å²) in [7, 11) is 0. The number of anilines is 1. The third kappa shape index (κ3) is 4.31. The number of hydrogen-bond donors (Lipinski definition) is 1. The first-order valence-corrected chi connectivity index (χ1v) is 10.1. The molecule has 1 aliphatic carbocycles. The molecule has 0 saturated carbocycles. The van der Waals surface area contributed by atoms with Gasteiger partial charge in [-0.25, -0.2) is 4.79 Å². The Kier molecular flexibility index (Phi) is 6.05. The van der Waals surface area contributed by atoms with Gasteiger partial charge in [0.05, 0.1) is 18.6 Å². The number of aryl methyl sites for hydroxylation is 1. The van der Waals surface area contributed by atoms with Crippen LogP contribution in [0.4, 0.5) is 5.00 Å². The molecule has 26 heavy (non-hydrogen) atoms. The predicted molar refractivity (Wildman–Crippen MR) is 99.9 cm³/mol. The molecule has 8 heteroatoms. The first-order valence-electron chi connectivity index (χ1n) is 8.38. The average Bonchev–Trinajstić information content (AvgIpc) is 3.30. The minimum absolute atomic E-state index is 0.145. The van der Waals surface area contributed by atoms with Crippen LogP contribution in [0.3, 0.4) is 0 Å². The van der Waals surface area contributed by atoms with Crippen molar-refractivity contribution in [1.29, 1.82) is 0 Å². The molecule has 0 aliphatic heterocycles. The van der Waals surface area contributed by atoms with Crippen molar-refractivity contribution in [2.45, 2.75) is 32.6 Å². The average molecular weight is 393 g/mol. The van der Waals surface area contributed by atoms with Crippen LogP contribution in [-0.2, 0) is 38.3 Å². The van der Waals surface area contributed by atoms with Gasteiger partial charge in [-0.2, -0.15) is 0 Å². The number of nitrogens with one attached hydrogen (secondary N) is 1. The molecule has 6 nitrogen and oxygen atoms in total. The Morgan fingerprint density at radius 1 is 1.23 bits per heavy atom. The molecule has 3 rings (SSSR count). The van der Waals surface area contributed by atoms with Crippen LogP contribution in [0.5, 0.6) is 0 Å².